The first-order valence-electron chi connectivity index (χ1n) is 9.59. The number of aryl methyl sites for hydroxylation is 1. The predicted molar refractivity (Wildman–Crippen MR) is 116 cm³/mol. The molecular weight excluding hydrogens is 447 g/mol. The van der Waals surface area contributed by atoms with Crippen molar-refractivity contribution in [3.8, 4) is 11.5 Å². The van der Waals surface area contributed by atoms with E-state index >= 15 is 0 Å². The second kappa shape index (κ2) is 9.77. The third kappa shape index (κ3) is 5.23. The Kier molecular flexibility index (Phi) is 7.30. The minimum absolute atomic E-state index is 0. The first-order valence-corrected chi connectivity index (χ1v) is 9.97. The van der Waals surface area contributed by atoms with Gasteiger partial charge in [-0.05, 0) is 43.3 Å². The summed E-state index contributed by atoms with van der Waals surface area (Å²) in [6.45, 7) is 4.76. The van der Waals surface area contributed by atoms with Gasteiger partial charge in [0.25, 0.3) is 5.91 Å². The van der Waals surface area contributed by atoms with E-state index in [1.54, 1.807) is 17.0 Å². The van der Waals surface area contributed by atoms with Crippen molar-refractivity contribution in [1.29, 1.82) is 0 Å². The lowest BCUT2D eigenvalue weighted by Gasteiger charge is -2.34. The fourth-order valence-electron chi connectivity index (χ4n) is 3.45. The smallest absolute Gasteiger partial charge is 0.254 e. The maximum atomic E-state index is 13.4. The molecule has 4 rings (SSSR count). The highest BCUT2D eigenvalue weighted by molar-refractivity contribution is 6.30. The molecule has 0 N–H and O–H groups in total. The van der Waals surface area contributed by atoms with Gasteiger partial charge < -0.3 is 9.32 Å². The molecule has 3 aromatic rings. The van der Waals surface area contributed by atoms with Gasteiger partial charge in [0.2, 0.25) is 5.89 Å². The number of aromatic nitrogens is 1. The molecule has 1 amide bonds. The Morgan fingerprint density at radius 2 is 1.84 bits per heavy atom. The molecule has 0 radical (unpaired) electrons. The number of rotatable bonds is 4. The van der Waals surface area contributed by atoms with Crippen molar-refractivity contribution in [2.45, 2.75) is 13.5 Å². The zero-order valence-corrected chi connectivity index (χ0v) is 18.3. The first kappa shape index (κ1) is 23.2. The molecule has 1 aromatic heterocycles. The van der Waals surface area contributed by atoms with Crippen LogP contribution in [-0.4, -0.2) is 46.9 Å². The molecular formula is C22H21Cl2F2N3O2. The number of carbonyl (C=O) groups is 1. The molecule has 0 saturated carbocycles. The first-order chi connectivity index (χ1) is 14.4. The Hall–Kier alpha value is -2.48. The maximum absolute atomic E-state index is 13.4. The number of carbonyl (C=O) groups excluding carboxylic acids is 1. The van der Waals surface area contributed by atoms with Gasteiger partial charge in [-0.25, -0.2) is 13.8 Å². The number of halogens is 4. The number of piperazine rings is 1. The Morgan fingerprint density at radius 3 is 2.52 bits per heavy atom. The molecule has 1 aliphatic rings. The van der Waals surface area contributed by atoms with E-state index in [0.717, 1.165) is 29.2 Å². The van der Waals surface area contributed by atoms with Crippen LogP contribution in [0.3, 0.4) is 0 Å². The van der Waals surface area contributed by atoms with Crippen molar-refractivity contribution < 1.29 is 18.0 Å². The molecule has 31 heavy (non-hydrogen) atoms. The molecule has 9 heteroatoms. The zero-order valence-electron chi connectivity index (χ0n) is 16.8. The summed E-state index contributed by atoms with van der Waals surface area (Å²) in [7, 11) is 0. The van der Waals surface area contributed by atoms with Gasteiger partial charge in [-0.2, -0.15) is 0 Å². The molecule has 1 aliphatic heterocycles. The van der Waals surface area contributed by atoms with E-state index in [1.807, 2.05) is 19.1 Å². The van der Waals surface area contributed by atoms with Crippen LogP contribution in [0.2, 0.25) is 5.02 Å². The maximum Gasteiger partial charge on any atom is 0.254 e. The Morgan fingerprint density at radius 1 is 1.10 bits per heavy atom. The van der Waals surface area contributed by atoms with Gasteiger partial charge in [0.1, 0.15) is 5.76 Å². The van der Waals surface area contributed by atoms with Gasteiger partial charge in [0.05, 0.1) is 5.69 Å². The second-order valence-electron chi connectivity index (χ2n) is 7.23. The molecule has 1 fully saturated rings. The monoisotopic (exact) mass is 467 g/mol. The van der Waals surface area contributed by atoms with Crippen LogP contribution in [0.1, 0.15) is 21.8 Å². The third-order valence-electron chi connectivity index (χ3n) is 5.16. The molecule has 2 aromatic carbocycles. The summed E-state index contributed by atoms with van der Waals surface area (Å²) in [5.74, 6) is -1.01. The molecule has 1 saturated heterocycles. The van der Waals surface area contributed by atoms with Gasteiger partial charge >= 0.3 is 0 Å². The summed E-state index contributed by atoms with van der Waals surface area (Å²) >= 11 is 6.05. The molecule has 0 spiro atoms. The summed E-state index contributed by atoms with van der Waals surface area (Å²) in [6, 6.07) is 10.6. The van der Waals surface area contributed by atoms with E-state index in [1.165, 1.54) is 6.07 Å². The number of hydrogen-bond acceptors (Lipinski definition) is 4. The largest absolute Gasteiger partial charge is 0.441 e. The van der Waals surface area contributed by atoms with E-state index in [4.69, 9.17) is 16.0 Å². The predicted octanol–water partition coefficient (Wildman–Crippen LogP) is 4.96. The van der Waals surface area contributed by atoms with Crippen LogP contribution < -0.4 is 0 Å². The van der Waals surface area contributed by atoms with Crippen molar-refractivity contribution in [3.63, 3.8) is 0 Å². The van der Waals surface area contributed by atoms with E-state index in [-0.39, 0.29) is 23.9 Å². The van der Waals surface area contributed by atoms with Crippen LogP contribution in [0.15, 0.2) is 46.9 Å². The van der Waals surface area contributed by atoms with Crippen LogP contribution in [0.25, 0.3) is 11.5 Å². The minimum Gasteiger partial charge on any atom is -0.441 e. The number of nitrogens with zero attached hydrogens (tertiary/aromatic N) is 3. The topological polar surface area (TPSA) is 49.6 Å². The zero-order chi connectivity index (χ0) is 21.3. The molecule has 164 valence electrons. The number of hydrogen-bond donors (Lipinski definition) is 0. The lowest BCUT2D eigenvalue weighted by atomic mass is 10.1. The Labute approximate surface area is 190 Å². The summed E-state index contributed by atoms with van der Waals surface area (Å²) in [4.78, 5) is 21.0. The molecule has 0 atom stereocenters. The summed E-state index contributed by atoms with van der Waals surface area (Å²) < 4.78 is 32.3. The Bertz CT molecular complexity index is 1080. The molecule has 2 heterocycles. The van der Waals surface area contributed by atoms with Crippen LogP contribution in [0.4, 0.5) is 8.78 Å². The number of oxazole rings is 1. The van der Waals surface area contributed by atoms with E-state index in [2.05, 4.69) is 9.88 Å². The van der Waals surface area contributed by atoms with Crippen LogP contribution in [-0.2, 0) is 6.54 Å². The van der Waals surface area contributed by atoms with E-state index in [0.29, 0.717) is 43.6 Å². The van der Waals surface area contributed by atoms with Crippen molar-refractivity contribution in [3.05, 3.63) is 76.1 Å². The van der Waals surface area contributed by atoms with E-state index < -0.39 is 11.6 Å². The van der Waals surface area contributed by atoms with Gasteiger partial charge in [-0.3, -0.25) is 9.69 Å². The number of amides is 1. The average Bonchev–Trinajstić information content (AvgIpc) is 3.10. The van der Waals surface area contributed by atoms with Gasteiger partial charge in [0, 0.05) is 48.9 Å². The fraction of sp³-hybridized carbons (Fsp3) is 0.273. The lowest BCUT2D eigenvalue weighted by molar-refractivity contribution is 0.0626. The van der Waals surface area contributed by atoms with Gasteiger partial charge in [-0.15, -0.1) is 12.4 Å². The quantitative estimate of drug-likeness (QED) is 0.543. The van der Waals surface area contributed by atoms with E-state index in [9.17, 15) is 13.6 Å². The third-order valence-corrected chi connectivity index (χ3v) is 5.40. The highest BCUT2D eigenvalue weighted by Gasteiger charge is 2.24. The summed E-state index contributed by atoms with van der Waals surface area (Å²) in [6.07, 6.45) is 0. The molecule has 0 unspecified atom stereocenters. The van der Waals surface area contributed by atoms with Crippen molar-refractivity contribution in [1.82, 2.24) is 14.8 Å². The van der Waals surface area contributed by atoms with Crippen LogP contribution in [0, 0.1) is 18.6 Å². The molecule has 5 nitrogen and oxygen atoms in total. The van der Waals surface area contributed by atoms with Crippen molar-refractivity contribution in [2.75, 3.05) is 26.2 Å². The summed E-state index contributed by atoms with van der Waals surface area (Å²) in [5, 5.41) is 0.617. The van der Waals surface area contributed by atoms with Gasteiger partial charge in [-0.1, -0.05) is 17.7 Å². The Balaban J connectivity index is 0.00000272. The summed E-state index contributed by atoms with van der Waals surface area (Å²) in [5.41, 5.74) is 1.81. The van der Waals surface area contributed by atoms with Crippen molar-refractivity contribution in [2.24, 2.45) is 0 Å². The normalized spacial score (nSPS) is 14.4. The van der Waals surface area contributed by atoms with Crippen LogP contribution in [0.5, 0.6) is 0 Å². The molecule has 0 bridgehead atoms. The standard InChI is InChI=1S/C22H20ClF2N3O2.ClH/c1-14-20(26-21(30-14)15-3-2-4-17(23)11-15)13-27-7-9-28(10-8-27)22(29)16-5-6-18(24)19(25)12-16;/h2-6,11-12H,7-10,13H2,1H3;1H. The highest BCUT2D eigenvalue weighted by Crippen LogP contribution is 2.25. The van der Waals surface area contributed by atoms with Gasteiger partial charge in [0.15, 0.2) is 11.6 Å². The molecule has 0 aliphatic carbocycles. The lowest BCUT2D eigenvalue weighted by Crippen LogP contribution is -2.48. The SMILES string of the molecule is Cc1oc(-c2cccc(Cl)c2)nc1CN1CCN(C(=O)c2ccc(F)c(F)c2)CC1.Cl. The van der Waals surface area contributed by atoms with Crippen molar-refractivity contribution >= 4 is 29.9 Å². The van der Waals surface area contributed by atoms with Crippen LogP contribution >= 0.6 is 24.0 Å². The highest BCUT2D eigenvalue weighted by atomic mass is 35.5. The second-order valence-corrected chi connectivity index (χ2v) is 7.67. The minimum atomic E-state index is -1.02. The number of benzene rings is 2. The average molecular weight is 468 g/mol. The fourth-order valence-corrected chi connectivity index (χ4v) is 3.64.